The summed E-state index contributed by atoms with van der Waals surface area (Å²) in [5.74, 6) is 0.389. The molecule has 0 saturated carbocycles. The minimum Gasteiger partial charge on any atom is -0.378 e. The molecule has 150 valence electrons. The number of ether oxygens (including phenoxy) is 1. The first-order valence-corrected chi connectivity index (χ1v) is 10.2. The van der Waals surface area contributed by atoms with Gasteiger partial charge in [0.2, 0.25) is 5.91 Å². The second kappa shape index (κ2) is 8.34. The Morgan fingerprint density at radius 2 is 1.90 bits per heavy atom. The van der Waals surface area contributed by atoms with E-state index in [1.165, 1.54) is 4.68 Å². The van der Waals surface area contributed by atoms with Gasteiger partial charge in [-0.3, -0.25) is 9.59 Å². The summed E-state index contributed by atoms with van der Waals surface area (Å²) in [5.41, 5.74) is 1.45. The van der Waals surface area contributed by atoms with Gasteiger partial charge in [-0.1, -0.05) is 24.3 Å². The molecule has 1 aliphatic heterocycles. The van der Waals surface area contributed by atoms with Crippen LogP contribution in [0.2, 0.25) is 0 Å². The molecule has 2 aromatic carbocycles. The SMILES string of the molecule is Cc1ccc(NC(=O)Cn2nc(N3CCOCC3)c3ccccc3c2=O)c(Br)c1. The highest BCUT2D eigenvalue weighted by Crippen LogP contribution is 2.24. The van der Waals surface area contributed by atoms with Crippen LogP contribution in [-0.2, 0) is 16.1 Å². The predicted octanol–water partition coefficient (Wildman–Crippen LogP) is 2.94. The van der Waals surface area contributed by atoms with Crippen molar-refractivity contribution in [3.8, 4) is 0 Å². The molecule has 1 aromatic heterocycles. The first-order chi connectivity index (χ1) is 14.0. The summed E-state index contributed by atoms with van der Waals surface area (Å²) in [6, 6.07) is 13.0. The van der Waals surface area contributed by atoms with Gasteiger partial charge in [0, 0.05) is 22.9 Å². The zero-order chi connectivity index (χ0) is 20.4. The first kappa shape index (κ1) is 19.6. The molecule has 1 N–H and O–H groups in total. The number of halogens is 1. The molecule has 0 radical (unpaired) electrons. The number of hydrogen-bond donors (Lipinski definition) is 1. The van der Waals surface area contributed by atoms with Gasteiger partial charge in [-0.2, -0.15) is 5.10 Å². The number of rotatable bonds is 4. The fourth-order valence-electron chi connectivity index (χ4n) is 3.38. The number of aryl methyl sites for hydroxylation is 1. The summed E-state index contributed by atoms with van der Waals surface area (Å²) in [7, 11) is 0. The minimum atomic E-state index is -0.313. The van der Waals surface area contributed by atoms with Crippen molar-refractivity contribution in [3.63, 3.8) is 0 Å². The Bertz CT molecular complexity index is 1120. The third-order valence-corrected chi connectivity index (χ3v) is 5.51. The van der Waals surface area contributed by atoms with E-state index in [2.05, 4.69) is 31.2 Å². The van der Waals surface area contributed by atoms with Crippen LogP contribution in [0.4, 0.5) is 11.5 Å². The van der Waals surface area contributed by atoms with Crippen LogP contribution >= 0.6 is 15.9 Å². The average Bonchev–Trinajstić information content (AvgIpc) is 2.73. The van der Waals surface area contributed by atoms with Crippen molar-refractivity contribution in [2.75, 3.05) is 36.5 Å². The van der Waals surface area contributed by atoms with Crippen LogP contribution in [0.15, 0.2) is 51.7 Å². The van der Waals surface area contributed by atoms with Gasteiger partial charge >= 0.3 is 0 Å². The highest BCUT2D eigenvalue weighted by molar-refractivity contribution is 9.10. The maximum atomic E-state index is 12.9. The highest BCUT2D eigenvalue weighted by Gasteiger charge is 2.19. The van der Waals surface area contributed by atoms with E-state index in [-0.39, 0.29) is 18.0 Å². The van der Waals surface area contributed by atoms with E-state index in [4.69, 9.17) is 4.74 Å². The van der Waals surface area contributed by atoms with Crippen LogP contribution in [-0.4, -0.2) is 42.0 Å². The van der Waals surface area contributed by atoms with Crippen molar-refractivity contribution in [1.82, 2.24) is 9.78 Å². The quantitative estimate of drug-likeness (QED) is 0.652. The van der Waals surface area contributed by atoms with Gasteiger partial charge in [0.15, 0.2) is 5.82 Å². The van der Waals surface area contributed by atoms with Crippen LogP contribution in [0.25, 0.3) is 10.8 Å². The van der Waals surface area contributed by atoms with Crippen molar-refractivity contribution < 1.29 is 9.53 Å². The van der Waals surface area contributed by atoms with Crippen molar-refractivity contribution in [2.24, 2.45) is 0 Å². The van der Waals surface area contributed by atoms with E-state index in [0.717, 1.165) is 15.4 Å². The Balaban J connectivity index is 1.67. The van der Waals surface area contributed by atoms with Crippen LogP contribution in [0.1, 0.15) is 5.56 Å². The lowest BCUT2D eigenvalue weighted by Gasteiger charge is -2.29. The first-order valence-electron chi connectivity index (χ1n) is 9.41. The Hall–Kier alpha value is -2.71. The molecular formula is C21H21BrN4O3. The van der Waals surface area contributed by atoms with E-state index in [1.807, 2.05) is 43.3 Å². The number of anilines is 2. The van der Waals surface area contributed by atoms with Crippen molar-refractivity contribution in [2.45, 2.75) is 13.5 Å². The number of nitrogens with one attached hydrogen (secondary N) is 1. The number of carbonyl (C=O) groups excluding carboxylic acids is 1. The molecule has 1 saturated heterocycles. The van der Waals surface area contributed by atoms with Gasteiger partial charge < -0.3 is 15.0 Å². The van der Waals surface area contributed by atoms with Crippen molar-refractivity contribution in [3.05, 3.63) is 62.9 Å². The number of fused-ring (bicyclic) bond motifs is 1. The molecule has 1 fully saturated rings. The highest BCUT2D eigenvalue weighted by atomic mass is 79.9. The fourth-order valence-corrected chi connectivity index (χ4v) is 3.97. The molecule has 1 amide bonds. The molecule has 8 heteroatoms. The molecule has 2 heterocycles. The normalized spacial score (nSPS) is 14.2. The molecule has 3 aromatic rings. The fraction of sp³-hybridized carbons (Fsp3) is 0.286. The summed E-state index contributed by atoms with van der Waals surface area (Å²) in [5, 5.41) is 8.72. The Morgan fingerprint density at radius 3 is 2.62 bits per heavy atom. The monoisotopic (exact) mass is 456 g/mol. The van der Waals surface area contributed by atoms with Gasteiger partial charge in [-0.15, -0.1) is 0 Å². The lowest BCUT2D eigenvalue weighted by molar-refractivity contribution is -0.117. The van der Waals surface area contributed by atoms with Gasteiger partial charge in [0.05, 0.1) is 24.3 Å². The second-order valence-corrected chi connectivity index (χ2v) is 7.82. The molecular weight excluding hydrogens is 436 g/mol. The largest absolute Gasteiger partial charge is 0.378 e. The molecule has 7 nitrogen and oxygen atoms in total. The zero-order valence-corrected chi connectivity index (χ0v) is 17.6. The number of benzene rings is 2. The number of amides is 1. The van der Waals surface area contributed by atoms with Crippen molar-refractivity contribution in [1.29, 1.82) is 0 Å². The van der Waals surface area contributed by atoms with E-state index < -0.39 is 0 Å². The van der Waals surface area contributed by atoms with Crippen LogP contribution in [0.3, 0.4) is 0 Å². The van der Waals surface area contributed by atoms with Gasteiger partial charge in [0.25, 0.3) is 5.56 Å². The Morgan fingerprint density at radius 1 is 1.17 bits per heavy atom. The summed E-state index contributed by atoms with van der Waals surface area (Å²) in [4.78, 5) is 27.7. The van der Waals surface area contributed by atoms with Crippen molar-refractivity contribution >= 4 is 44.1 Å². The number of aromatic nitrogens is 2. The molecule has 0 spiro atoms. The lowest BCUT2D eigenvalue weighted by atomic mass is 10.1. The minimum absolute atomic E-state index is 0.165. The number of nitrogens with zero attached hydrogens (tertiary/aromatic N) is 3. The zero-order valence-electron chi connectivity index (χ0n) is 16.0. The Kier molecular flexibility index (Phi) is 5.64. The van der Waals surface area contributed by atoms with E-state index >= 15 is 0 Å². The maximum absolute atomic E-state index is 12.9. The van der Waals surface area contributed by atoms with E-state index in [0.29, 0.717) is 43.2 Å². The standard InChI is InChI=1S/C21H21BrN4O3/c1-14-6-7-18(17(22)12-14)23-19(27)13-26-21(28)16-5-3-2-4-15(16)20(24-26)25-8-10-29-11-9-25/h2-7,12H,8-11,13H2,1H3,(H,23,27). The number of hydrogen-bond acceptors (Lipinski definition) is 5. The summed E-state index contributed by atoms with van der Waals surface area (Å²) >= 11 is 3.45. The average molecular weight is 457 g/mol. The Labute approximate surface area is 176 Å². The van der Waals surface area contributed by atoms with E-state index in [1.54, 1.807) is 6.07 Å². The van der Waals surface area contributed by atoms with Gasteiger partial charge in [0.1, 0.15) is 6.54 Å². The molecule has 4 rings (SSSR count). The number of morpholine rings is 1. The molecule has 0 bridgehead atoms. The van der Waals surface area contributed by atoms with E-state index in [9.17, 15) is 9.59 Å². The van der Waals surface area contributed by atoms with Crippen LogP contribution in [0, 0.1) is 6.92 Å². The summed E-state index contributed by atoms with van der Waals surface area (Å²) < 4.78 is 7.46. The van der Waals surface area contributed by atoms with Crippen LogP contribution in [0.5, 0.6) is 0 Å². The summed E-state index contributed by atoms with van der Waals surface area (Å²) in [6.45, 7) is 4.41. The third kappa shape index (κ3) is 4.18. The molecule has 0 atom stereocenters. The second-order valence-electron chi connectivity index (χ2n) is 6.96. The summed E-state index contributed by atoms with van der Waals surface area (Å²) in [6.07, 6.45) is 0. The molecule has 0 unspecified atom stereocenters. The van der Waals surface area contributed by atoms with Gasteiger partial charge in [-0.25, -0.2) is 4.68 Å². The smallest absolute Gasteiger partial charge is 0.275 e. The maximum Gasteiger partial charge on any atom is 0.275 e. The molecule has 1 aliphatic rings. The topological polar surface area (TPSA) is 76.5 Å². The van der Waals surface area contributed by atoms with Crippen LogP contribution < -0.4 is 15.8 Å². The van der Waals surface area contributed by atoms with Gasteiger partial charge in [-0.05, 0) is 46.6 Å². The number of carbonyl (C=O) groups is 1. The molecule has 0 aliphatic carbocycles. The third-order valence-electron chi connectivity index (χ3n) is 4.85. The predicted molar refractivity (Wildman–Crippen MR) is 117 cm³/mol. The molecule has 29 heavy (non-hydrogen) atoms. The lowest BCUT2D eigenvalue weighted by Crippen LogP contribution is -2.39.